The van der Waals surface area contributed by atoms with Gasteiger partial charge in [0.05, 0.1) is 4.99 Å². The van der Waals surface area contributed by atoms with Gasteiger partial charge in [-0.05, 0) is 30.6 Å². The van der Waals surface area contributed by atoms with Crippen LogP contribution in [-0.4, -0.2) is 4.99 Å². The molecule has 0 radical (unpaired) electrons. The molecule has 1 atom stereocenters. The maximum Gasteiger partial charge on any atom is 0.0730 e. The quantitative estimate of drug-likeness (QED) is 0.646. The van der Waals surface area contributed by atoms with E-state index in [1.54, 1.807) is 0 Å². The third-order valence-corrected chi connectivity index (χ3v) is 2.73. The fourth-order valence-corrected chi connectivity index (χ4v) is 2.27. The van der Waals surface area contributed by atoms with Gasteiger partial charge in [-0.2, -0.15) is 0 Å². The van der Waals surface area contributed by atoms with Gasteiger partial charge in [0.2, 0.25) is 0 Å². The molecule has 0 amide bonds. The number of thiocarbonyl (C=S) groups is 1. The summed E-state index contributed by atoms with van der Waals surface area (Å²) in [5.41, 5.74) is 6.03. The smallest absolute Gasteiger partial charge is 0.0730 e. The van der Waals surface area contributed by atoms with Crippen LogP contribution in [0.2, 0.25) is 0 Å². The van der Waals surface area contributed by atoms with Crippen LogP contribution in [0, 0.1) is 11.3 Å². The van der Waals surface area contributed by atoms with Gasteiger partial charge in [-0.3, -0.25) is 0 Å². The summed E-state index contributed by atoms with van der Waals surface area (Å²) in [7, 11) is 0. The summed E-state index contributed by atoms with van der Waals surface area (Å²) < 4.78 is 0. The van der Waals surface area contributed by atoms with Crippen molar-refractivity contribution >= 4 is 17.2 Å². The predicted octanol–water partition coefficient (Wildman–Crippen LogP) is 2.49. The molecule has 0 aromatic heterocycles. The zero-order valence-corrected chi connectivity index (χ0v) is 8.21. The van der Waals surface area contributed by atoms with Crippen molar-refractivity contribution in [3.05, 3.63) is 0 Å². The van der Waals surface area contributed by atoms with E-state index in [2.05, 4.69) is 13.8 Å². The summed E-state index contributed by atoms with van der Waals surface area (Å²) in [6.45, 7) is 4.65. The average Bonchev–Trinajstić information content (AvgIpc) is 2.08. The molecule has 0 aliphatic heterocycles. The van der Waals surface area contributed by atoms with Crippen molar-refractivity contribution in [3.8, 4) is 0 Å². The van der Waals surface area contributed by atoms with Crippen molar-refractivity contribution in [2.45, 2.75) is 39.5 Å². The molecule has 0 aromatic rings. The van der Waals surface area contributed by atoms with Crippen LogP contribution < -0.4 is 5.73 Å². The molecule has 1 rings (SSSR count). The molecule has 2 N–H and O–H groups in total. The Hall–Kier alpha value is -0.110. The first kappa shape index (κ1) is 8.98. The molecule has 1 nitrogen and oxygen atoms in total. The van der Waals surface area contributed by atoms with Crippen molar-refractivity contribution < 1.29 is 0 Å². The summed E-state index contributed by atoms with van der Waals surface area (Å²) in [4.78, 5) is 0.688. The third-order valence-electron chi connectivity index (χ3n) is 2.56. The second kappa shape index (κ2) is 3.10. The minimum absolute atomic E-state index is 0.537. The SMILES string of the molecule is CC1(C)CCC(CC(N)=S)C1. The molecule has 1 aliphatic carbocycles. The van der Waals surface area contributed by atoms with Crippen molar-refractivity contribution in [1.29, 1.82) is 0 Å². The van der Waals surface area contributed by atoms with E-state index in [0.717, 1.165) is 12.3 Å². The molecule has 0 spiro atoms. The van der Waals surface area contributed by atoms with Gasteiger partial charge >= 0.3 is 0 Å². The molecule has 0 saturated heterocycles. The van der Waals surface area contributed by atoms with Crippen LogP contribution in [0.3, 0.4) is 0 Å². The van der Waals surface area contributed by atoms with E-state index >= 15 is 0 Å². The lowest BCUT2D eigenvalue weighted by Gasteiger charge is -2.16. The van der Waals surface area contributed by atoms with E-state index in [0.29, 0.717) is 10.4 Å². The maximum atomic E-state index is 5.49. The lowest BCUT2D eigenvalue weighted by Crippen LogP contribution is -2.13. The standard InChI is InChI=1S/C9H17NS/c1-9(2)4-3-7(6-9)5-8(10)11/h7H,3-6H2,1-2H3,(H2,10,11). The molecule has 0 heterocycles. The topological polar surface area (TPSA) is 26.0 Å². The van der Waals surface area contributed by atoms with Gasteiger partial charge in [0.15, 0.2) is 0 Å². The highest BCUT2D eigenvalue weighted by Crippen LogP contribution is 2.42. The zero-order chi connectivity index (χ0) is 8.48. The van der Waals surface area contributed by atoms with Gasteiger partial charge in [-0.1, -0.05) is 26.1 Å². The summed E-state index contributed by atoms with van der Waals surface area (Å²) in [6.07, 6.45) is 4.90. The highest BCUT2D eigenvalue weighted by atomic mass is 32.1. The molecule has 0 bridgehead atoms. The van der Waals surface area contributed by atoms with E-state index in [4.69, 9.17) is 18.0 Å². The first-order valence-corrected chi connectivity index (χ1v) is 4.69. The van der Waals surface area contributed by atoms with Gasteiger partial charge in [0, 0.05) is 6.42 Å². The van der Waals surface area contributed by atoms with Crippen LogP contribution in [0.4, 0.5) is 0 Å². The second-order valence-corrected chi connectivity index (χ2v) is 4.97. The van der Waals surface area contributed by atoms with E-state index in [-0.39, 0.29) is 0 Å². The van der Waals surface area contributed by atoms with Crippen LogP contribution in [0.15, 0.2) is 0 Å². The Morgan fingerprint density at radius 1 is 1.64 bits per heavy atom. The van der Waals surface area contributed by atoms with Crippen LogP contribution in [0.1, 0.15) is 39.5 Å². The van der Waals surface area contributed by atoms with E-state index in [9.17, 15) is 0 Å². The van der Waals surface area contributed by atoms with Crippen LogP contribution in [0.25, 0.3) is 0 Å². The first-order chi connectivity index (χ1) is 4.99. The molecule has 1 unspecified atom stereocenters. The second-order valence-electron chi connectivity index (χ2n) is 4.44. The van der Waals surface area contributed by atoms with Gasteiger partial charge in [-0.25, -0.2) is 0 Å². The van der Waals surface area contributed by atoms with Crippen molar-refractivity contribution in [2.75, 3.05) is 0 Å². The highest BCUT2D eigenvalue weighted by molar-refractivity contribution is 7.80. The predicted molar refractivity (Wildman–Crippen MR) is 52.5 cm³/mol. The van der Waals surface area contributed by atoms with Gasteiger partial charge in [-0.15, -0.1) is 0 Å². The molecule has 2 heteroatoms. The van der Waals surface area contributed by atoms with Crippen molar-refractivity contribution in [2.24, 2.45) is 17.1 Å². The maximum absolute atomic E-state index is 5.49. The van der Waals surface area contributed by atoms with Gasteiger partial charge in [0.25, 0.3) is 0 Å². The molecule has 1 saturated carbocycles. The summed E-state index contributed by atoms with van der Waals surface area (Å²) in [5.74, 6) is 0.766. The lowest BCUT2D eigenvalue weighted by molar-refractivity contribution is 0.363. The summed E-state index contributed by atoms with van der Waals surface area (Å²) in [6, 6.07) is 0. The van der Waals surface area contributed by atoms with E-state index in [1.807, 2.05) is 0 Å². The molecular weight excluding hydrogens is 154 g/mol. The van der Waals surface area contributed by atoms with E-state index in [1.165, 1.54) is 19.3 Å². The zero-order valence-electron chi connectivity index (χ0n) is 7.39. The Morgan fingerprint density at radius 2 is 2.27 bits per heavy atom. The van der Waals surface area contributed by atoms with Crippen LogP contribution in [-0.2, 0) is 0 Å². The monoisotopic (exact) mass is 171 g/mol. The van der Waals surface area contributed by atoms with Crippen molar-refractivity contribution in [1.82, 2.24) is 0 Å². The summed E-state index contributed by atoms with van der Waals surface area (Å²) >= 11 is 4.88. The number of hydrogen-bond donors (Lipinski definition) is 1. The van der Waals surface area contributed by atoms with Crippen LogP contribution in [0.5, 0.6) is 0 Å². The molecule has 1 fully saturated rings. The first-order valence-electron chi connectivity index (χ1n) is 4.28. The molecule has 11 heavy (non-hydrogen) atoms. The lowest BCUT2D eigenvalue weighted by atomic mass is 9.90. The number of rotatable bonds is 2. The minimum Gasteiger partial charge on any atom is -0.393 e. The van der Waals surface area contributed by atoms with Crippen molar-refractivity contribution in [3.63, 3.8) is 0 Å². The summed E-state index contributed by atoms with van der Waals surface area (Å²) in [5, 5.41) is 0. The molecule has 1 aliphatic rings. The Balaban J connectivity index is 2.36. The molecular formula is C9H17NS. The van der Waals surface area contributed by atoms with Crippen LogP contribution >= 0.6 is 12.2 Å². The largest absolute Gasteiger partial charge is 0.393 e. The fraction of sp³-hybridized carbons (Fsp3) is 0.889. The molecule has 64 valence electrons. The third kappa shape index (κ3) is 2.78. The Bertz CT molecular complexity index is 163. The normalized spacial score (nSPS) is 28.7. The Morgan fingerprint density at radius 3 is 2.64 bits per heavy atom. The number of hydrogen-bond acceptors (Lipinski definition) is 1. The Labute approximate surface area is 74.4 Å². The van der Waals surface area contributed by atoms with E-state index < -0.39 is 0 Å². The fourth-order valence-electron chi connectivity index (χ4n) is 2.04. The number of nitrogens with two attached hydrogens (primary N) is 1. The van der Waals surface area contributed by atoms with Gasteiger partial charge < -0.3 is 5.73 Å². The molecule has 0 aromatic carbocycles. The Kier molecular flexibility index (Phi) is 2.53. The minimum atomic E-state index is 0.537. The average molecular weight is 171 g/mol. The van der Waals surface area contributed by atoms with Gasteiger partial charge in [0.1, 0.15) is 0 Å². The highest BCUT2D eigenvalue weighted by Gasteiger charge is 2.30.